The molecule has 2 aliphatic rings. The Morgan fingerprint density at radius 3 is 2.83 bits per heavy atom. The second-order valence-corrected chi connectivity index (χ2v) is 6.87. The van der Waals surface area contributed by atoms with Crippen molar-refractivity contribution in [2.75, 3.05) is 19.7 Å². The number of hydrogen-bond donors (Lipinski definition) is 1. The SMILES string of the molecule is CCO[C@@H]1C[C@@H](O)C12CCN(C(=O)c1coc3ccccc13)CC2. The zero-order chi connectivity index (χ0) is 16.7. The molecule has 2 heterocycles. The van der Waals surface area contributed by atoms with Gasteiger partial charge in [-0.05, 0) is 25.8 Å². The fourth-order valence-corrected chi connectivity index (χ4v) is 4.26. The Labute approximate surface area is 141 Å². The lowest BCUT2D eigenvalue weighted by Crippen LogP contribution is -2.62. The van der Waals surface area contributed by atoms with E-state index in [1.54, 1.807) is 6.26 Å². The largest absolute Gasteiger partial charge is 0.463 e. The quantitative estimate of drug-likeness (QED) is 0.940. The molecule has 2 aromatic rings. The number of likely N-dealkylation sites (tertiary alicyclic amines) is 1. The van der Waals surface area contributed by atoms with E-state index in [1.807, 2.05) is 36.1 Å². The van der Waals surface area contributed by atoms with Gasteiger partial charge in [0.25, 0.3) is 5.91 Å². The van der Waals surface area contributed by atoms with Crippen molar-refractivity contribution in [3.8, 4) is 0 Å². The van der Waals surface area contributed by atoms with Crippen molar-refractivity contribution in [3.63, 3.8) is 0 Å². The highest BCUT2D eigenvalue weighted by Gasteiger charge is 2.56. The van der Waals surface area contributed by atoms with E-state index >= 15 is 0 Å². The van der Waals surface area contributed by atoms with Gasteiger partial charge in [-0.15, -0.1) is 0 Å². The molecule has 1 saturated carbocycles. The number of aliphatic hydroxyl groups excluding tert-OH is 1. The number of rotatable bonds is 3. The van der Waals surface area contributed by atoms with Crippen molar-refractivity contribution in [1.82, 2.24) is 4.90 Å². The van der Waals surface area contributed by atoms with Crippen molar-refractivity contribution in [3.05, 3.63) is 36.1 Å². The Morgan fingerprint density at radius 1 is 1.38 bits per heavy atom. The third kappa shape index (κ3) is 2.26. The lowest BCUT2D eigenvalue weighted by Gasteiger charge is -2.56. The molecule has 128 valence electrons. The maximum Gasteiger partial charge on any atom is 0.257 e. The highest BCUT2D eigenvalue weighted by atomic mass is 16.5. The van der Waals surface area contributed by atoms with Crippen LogP contribution in [0.3, 0.4) is 0 Å². The Hall–Kier alpha value is -1.85. The molecule has 5 nitrogen and oxygen atoms in total. The van der Waals surface area contributed by atoms with Gasteiger partial charge in [0.15, 0.2) is 0 Å². The molecule has 0 bridgehead atoms. The van der Waals surface area contributed by atoms with Crippen LogP contribution in [-0.4, -0.2) is 47.8 Å². The number of para-hydroxylation sites is 1. The summed E-state index contributed by atoms with van der Waals surface area (Å²) in [4.78, 5) is 14.7. The fraction of sp³-hybridized carbons (Fsp3) is 0.526. The maximum atomic E-state index is 12.9. The molecule has 0 unspecified atom stereocenters. The van der Waals surface area contributed by atoms with E-state index < -0.39 is 0 Å². The average Bonchev–Trinajstić information content (AvgIpc) is 3.05. The number of amides is 1. The number of fused-ring (bicyclic) bond motifs is 1. The lowest BCUT2D eigenvalue weighted by molar-refractivity contribution is -0.207. The van der Waals surface area contributed by atoms with Crippen LogP contribution in [-0.2, 0) is 4.74 Å². The van der Waals surface area contributed by atoms with Crippen LogP contribution >= 0.6 is 0 Å². The highest BCUT2D eigenvalue weighted by molar-refractivity contribution is 6.05. The summed E-state index contributed by atoms with van der Waals surface area (Å²) in [6.45, 7) is 3.96. The number of aliphatic hydroxyl groups is 1. The number of hydrogen-bond acceptors (Lipinski definition) is 4. The number of piperidine rings is 1. The van der Waals surface area contributed by atoms with Gasteiger partial charge >= 0.3 is 0 Å². The number of nitrogens with zero attached hydrogens (tertiary/aromatic N) is 1. The fourth-order valence-electron chi connectivity index (χ4n) is 4.26. The van der Waals surface area contributed by atoms with Crippen molar-refractivity contribution in [1.29, 1.82) is 0 Å². The second-order valence-electron chi connectivity index (χ2n) is 6.87. The minimum absolute atomic E-state index is 0.0107. The maximum absolute atomic E-state index is 12.9. The van der Waals surface area contributed by atoms with Gasteiger partial charge in [0, 0.05) is 36.9 Å². The molecule has 1 N–H and O–H groups in total. The molecule has 1 aliphatic heterocycles. The number of carbonyl (C=O) groups is 1. The molecule has 5 heteroatoms. The van der Waals surface area contributed by atoms with Gasteiger partial charge < -0.3 is 19.2 Å². The number of carbonyl (C=O) groups excluding carboxylic acids is 1. The van der Waals surface area contributed by atoms with Gasteiger partial charge in [-0.1, -0.05) is 18.2 Å². The van der Waals surface area contributed by atoms with Gasteiger partial charge in [-0.3, -0.25) is 4.79 Å². The number of ether oxygens (including phenoxy) is 1. The van der Waals surface area contributed by atoms with E-state index in [1.165, 1.54) is 0 Å². The van der Waals surface area contributed by atoms with Crippen LogP contribution in [0.4, 0.5) is 0 Å². The van der Waals surface area contributed by atoms with E-state index in [9.17, 15) is 9.90 Å². The first-order valence-electron chi connectivity index (χ1n) is 8.71. The van der Waals surface area contributed by atoms with Crippen LogP contribution in [0.5, 0.6) is 0 Å². The van der Waals surface area contributed by atoms with Crippen LogP contribution < -0.4 is 0 Å². The van der Waals surface area contributed by atoms with Crippen LogP contribution in [0.1, 0.15) is 36.5 Å². The third-order valence-electron chi connectivity index (χ3n) is 5.80. The minimum Gasteiger partial charge on any atom is -0.463 e. The first kappa shape index (κ1) is 15.7. The van der Waals surface area contributed by atoms with E-state index in [0.29, 0.717) is 31.7 Å². The Balaban J connectivity index is 1.49. The van der Waals surface area contributed by atoms with Gasteiger partial charge in [0.1, 0.15) is 11.8 Å². The van der Waals surface area contributed by atoms with E-state index in [2.05, 4.69) is 0 Å². The average molecular weight is 329 g/mol. The topological polar surface area (TPSA) is 62.9 Å². The van der Waals surface area contributed by atoms with E-state index in [-0.39, 0.29) is 23.5 Å². The van der Waals surface area contributed by atoms with Crippen molar-refractivity contribution in [2.45, 2.75) is 38.4 Å². The van der Waals surface area contributed by atoms with Crippen LogP contribution in [0.15, 0.2) is 34.9 Å². The molecule has 1 aromatic heterocycles. The van der Waals surface area contributed by atoms with E-state index in [4.69, 9.17) is 9.15 Å². The molecule has 0 radical (unpaired) electrons. The molecule has 2 atom stereocenters. The summed E-state index contributed by atoms with van der Waals surface area (Å²) >= 11 is 0. The second kappa shape index (κ2) is 5.90. The third-order valence-corrected chi connectivity index (χ3v) is 5.80. The number of benzene rings is 1. The van der Waals surface area contributed by atoms with Crippen molar-refractivity contribution >= 4 is 16.9 Å². The predicted molar refractivity (Wildman–Crippen MR) is 89.8 cm³/mol. The summed E-state index contributed by atoms with van der Waals surface area (Å²) < 4.78 is 11.3. The first-order chi connectivity index (χ1) is 11.7. The molecule has 1 saturated heterocycles. The summed E-state index contributed by atoms with van der Waals surface area (Å²) in [6, 6.07) is 7.60. The molecule has 1 spiro atoms. The van der Waals surface area contributed by atoms with Crippen LogP contribution in [0, 0.1) is 5.41 Å². The smallest absolute Gasteiger partial charge is 0.257 e. The molecular formula is C19H23NO4. The molecule has 1 amide bonds. The standard InChI is InChI=1S/C19H23NO4/c1-2-23-17-11-16(21)19(17)7-9-20(10-8-19)18(22)14-12-24-15-6-4-3-5-13(14)15/h3-6,12,16-17,21H,2,7-11H2,1H3/t16-,17-/m1/s1. The van der Waals surface area contributed by atoms with Gasteiger partial charge in [0.05, 0.1) is 17.8 Å². The molecule has 4 rings (SSSR count). The van der Waals surface area contributed by atoms with Crippen molar-refractivity contribution < 1.29 is 19.1 Å². The zero-order valence-electron chi connectivity index (χ0n) is 13.9. The summed E-state index contributed by atoms with van der Waals surface area (Å²) in [5.74, 6) is 0.0107. The summed E-state index contributed by atoms with van der Waals surface area (Å²) in [7, 11) is 0. The van der Waals surface area contributed by atoms with Crippen LogP contribution in [0.2, 0.25) is 0 Å². The first-order valence-corrected chi connectivity index (χ1v) is 8.71. The summed E-state index contributed by atoms with van der Waals surface area (Å²) in [5, 5.41) is 11.1. The highest BCUT2D eigenvalue weighted by Crippen LogP contribution is 2.51. The minimum atomic E-state index is -0.305. The van der Waals surface area contributed by atoms with Crippen LogP contribution in [0.25, 0.3) is 11.0 Å². The van der Waals surface area contributed by atoms with E-state index in [0.717, 1.165) is 23.8 Å². The molecule has 1 aromatic carbocycles. The summed E-state index contributed by atoms with van der Waals surface area (Å²) in [6.07, 6.45) is 3.68. The molecule has 2 fully saturated rings. The molecule has 24 heavy (non-hydrogen) atoms. The van der Waals surface area contributed by atoms with Gasteiger partial charge in [-0.2, -0.15) is 0 Å². The molecule has 1 aliphatic carbocycles. The van der Waals surface area contributed by atoms with Gasteiger partial charge in [0.2, 0.25) is 0 Å². The monoisotopic (exact) mass is 329 g/mol. The summed E-state index contributed by atoms with van der Waals surface area (Å²) in [5.41, 5.74) is 1.20. The Bertz CT molecular complexity index is 743. The molecular weight excluding hydrogens is 306 g/mol. The van der Waals surface area contributed by atoms with Crippen molar-refractivity contribution in [2.24, 2.45) is 5.41 Å². The Morgan fingerprint density at radius 2 is 2.12 bits per heavy atom. The predicted octanol–water partition coefficient (Wildman–Crippen LogP) is 2.82. The van der Waals surface area contributed by atoms with Gasteiger partial charge in [-0.25, -0.2) is 0 Å². The Kier molecular flexibility index (Phi) is 3.85. The number of furan rings is 1. The normalized spacial score (nSPS) is 25.8. The lowest BCUT2D eigenvalue weighted by atomic mass is 9.58. The zero-order valence-corrected chi connectivity index (χ0v) is 13.9.